The van der Waals surface area contributed by atoms with Crippen molar-refractivity contribution in [2.75, 3.05) is 27.2 Å². The van der Waals surface area contributed by atoms with Crippen molar-refractivity contribution in [1.29, 1.82) is 0 Å². The van der Waals surface area contributed by atoms with Gasteiger partial charge in [0.15, 0.2) is 0 Å². The highest BCUT2D eigenvalue weighted by Gasteiger charge is 2.16. The van der Waals surface area contributed by atoms with Crippen LogP contribution in [0.15, 0.2) is 0 Å². The minimum absolute atomic E-state index is 0. The van der Waals surface area contributed by atoms with Gasteiger partial charge >= 0.3 is 0 Å². The van der Waals surface area contributed by atoms with Crippen molar-refractivity contribution >= 4 is 0 Å². The Labute approximate surface area is 69.5 Å². The van der Waals surface area contributed by atoms with E-state index in [1.165, 1.54) is 0 Å². The van der Waals surface area contributed by atoms with Gasteiger partial charge < -0.3 is 15.1 Å². The van der Waals surface area contributed by atoms with Crippen LogP contribution in [0.5, 0.6) is 0 Å². The third-order valence-corrected chi connectivity index (χ3v) is 2.03. The molecule has 3 nitrogen and oxygen atoms in total. The van der Waals surface area contributed by atoms with Crippen molar-refractivity contribution in [2.24, 2.45) is 0 Å². The van der Waals surface area contributed by atoms with Gasteiger partial charge in [-0.2, -0.15) is 0 Å². The summed E-state index contributed by atoms with van der Waals surface area (Å²) in [6.45, 7) is 6.10. The van der Waals surface area contributed by atoms with Gasteiger partial charge in [0.2, 0.25) is 0 Å². The van der Waals surface area contributed by atoms with Gasteiger partial charge in [-0.05, 0) is 13.3 Å². The molecule has 1 atom stereocenters. The second-order valence-corrected chi connectivity index (χ2v) is 3.50. The molecule has 0 amide bonds. The Kier molecular flexibility index (Phi) is 6.76. The van der Waals surface area contributed by atoms with Gasteiger partial charge in [-0.15, -0.1) is 0 Å². The lowest BCUT2D eigenvalue weighted by Gasteiger charge is -2.30. The van der Waals surface area contributed by atoms with Gasteiger partial charge in [0.1, 0.15) is 12.6 Å². The van der Waals surface area contributed by atoms with Crippen LogP contribution in [0.3, 0.4) is 0 Å². The fraction of sp³-hybridized carbons (Fsp3) is 1.00. The average Bonchev–Trinajstić information content (AvgIpc) is 1.87. The minimum Gasteiger partial charge on any atom is -0.870 e. The molecule has 11 heavy (non-hydrogen) atoms. The third kappa shape index (κ3) is 6.28. The SMILES string of the molecule is CCC(O)C[N+](C)(C)CC.[OH-]. The molecule has 0 rings (SSSR count). The first-order chi connectivity index (χ1) is 4.52. The first kappa shape index (κ1) is 13.5. The Morgan fingerprint density at radius 3 is 2.00 bits per heavy atom. The Morgan fingerprint density at radius 2 is 1.73 bits per heavy atom. The summed E-state index contributed by atoms with van der Waals surface area (Å²) in [5.74, 6) is 0. The molecular weight excluding hydrogens is 142 g/mol. The van der Waals surface area contributed by atoms with E-state index in [0.717, 1.165) is 24.0 Å². The van der Waals surface area contributed by atoms with E-state index in [4.69, 9.17) is 0 Å². The number of nitrogens with zero attached hydrogens (tertiary/aromatic N) is 1. The molecule has 0 aromatic rings. The number of quaternary nitrogens is 1. The average molecular weight is 163 g/mol. The number of rotatable bonds is 4. The monoisotopic (exact) mass is 163 g/mol. The molecular formula is C8H21NO2. The topological polar surface area (TPSA) is 50.2 Å². The maximum atomic E-state index is 9.31. The quantitative estimate of drug-likeness (QED) is 0.619. The third-order valence-electron chi connectivity index (χ3n) is 2.03. The van der Waals surface area contributed by atoms with E-state index in [1.807, 2.05) is 6.92 Å². The summed E-state index contributed by atoms with van der Waals surface area (Å²) >= 11 is 0. The molecule has 1 unspecified atom stereocenters. The summed E-state index contributed by atoms with van der Waals surface area (Å²) in [6, 6.07) is 0. The Bertz CT molecular complexity index is 94.1. The van der Waals surface area contributed by atoms with Crippen LogP contribution in [0.25, 0.3) is 0 Å². The van der Waals surface area contributed by atoms with Gasteiger partial charge in [-0.3, -0.25) is 0 Å². The minimum atomic E-state index is -0.130. The molecule has 0 aromatic heterocycles. The van der Waals surface area contributed by atoms with E-state index in [1.54, 1.807) is 0 Å². The maximum Gasteiger partial charge on any atom is 0.105 e. The van der Waals surface area contributed by atoms with Gasteiger partial charge in [0, 0.05) is 0 Å². The van der Waals surface area contributed by atoms with Crippen molar-refractivity contribution in [1.82, 2.24) is 0 Å². The first-order valence-electron chi connectivity index (χ1n) is 4.02. The zero-order chi connectivity index (χ0) is 8.20. The van der Waals surface area contributed by atoms with E-state index in [-0.39, 0.29) is 11.6 Å². The molecule has 0 aliphatic rings. The molecule has 0 spiro atoms. The van der Waals surface area contributed by atoms with Crippen molar-refractivity contribution in [3.63, 3.8) is 0 Å². The van der Waals surface area contributed by atoms with Crippen molar-refractivity contribution in [2.45, 2.75) is 26.4 Å². The molecule has 70 valence electrons. The molecule has 3 heteroatoms. The number of hydrogen-bond acceptors (Lipinski definition) is 2. The van der Waals surface area contributed by atoms with Crippen LogP contribution in [0.1, 0.15) is 20.3 Å². The molecule has 2 N–H and O–H groups in total. The summed E-state index contributed by atoms with van der Waals surface area (Å²) in [6.07, 6.45) is 0.733. The Morgan fingerprint density at radius 1 is 1.27 bits per heavy atom. The molecule has 0 aromatic carbocycles. The smallest absolute Gasteiger partial charge is 0.105 e. The fourth-order valence-electron chi connectivity index (χ4n) is 0.829. The van der Waals surface area contributed by atoms with E-state index < -0.39 is 0 Å². The molecule has 0 bridgehead atoms. The number of hydrogen-bond donors (Lipinski definition) is 1. The molecule has 0 heterocycles. The van der Waals surface area contributed by atoms with Crippen LogP contribution in [-0.4, -0.2) is 48.4 Å². The van der Waals surface area contributed by atoms with Crippen LogP contribution in [0.2, 0.25) is 0 Å². The molecule has 0 saturated heterocycles. The van der Waals surface area contributed by atoms with Crippen LogP contribution in [0, 0.1) is 0 Å². The zero-order valence-electron chi connectivity index (χ0n) is 8.04. The summed E-state index contributed by atoms with van der Waals surface area (Å²) in [4.78, 5) is 0. The van der Waals surface area contributed by atoms with Crippen molar-refractivity contribution in [3.05, 3.63) is 0 Å². The largest absolute Gasteiger partial charge is 0.870 e. The molecule has 0 fully saturated rings. The highest BCUT2D eigenvalue weighted by Crippen LogP contribution is 2.00. The summed E-state index contributed by atoms with van der Waals surface area (Å²) in [7, 11) is 4.28. The molecule has 0 aliphatic carbocycles. The summed E-state index contributed by atoms with van der Waals surface area (Å²) in [5, 5.41) is 9.31. The van der Waals surface area contributed by atoms with Crippen LogP contribution < -0.4 is 0 Å². The highest BCUT2D eigenvalue weighted by atomic mass is 16.3. The standard InChI is InChI=1S/C8H20NO.H2O/c1-5-8(10)7-9(3,4)6-2;/h8,10H,5-7H2,1-4H3;1H2/q+1;/p-1. The lowest BCUT2D eigenvalue weighted by Crippen LogP contribution is -2.44. The van der Waals surface area contributed by atoms with Gasteiger partial charge in [0.25, 0.3) is 0 Å². The van der Waals surface area contributed by atoms with E-state index in [2.05, 4.69) is 21.0 Å². The Balaban J connectivity index is 0. The van der Waals surface area contributed by atoms with E-state index in [9.17, 15) is 5.11 Å². The number of aliphatic hydroxyl groups is 1. The lowest BCUT2D eigenvalue weighted by molar-refractivity contribution is -0.891. The van der Waals surface area contributed by atoms with Crippen LogP contribution >= 0.6 is 0 Å². The number of aliphatic hydroxyl groups excluding tert-OH is 1. The second-order valence-electron chi connectivity index (χ2n) is 3.50. The summed E-state index contributed by atoms with van der Waals surface area (Å²) < 4.78 is 0.912. The second kappa shape index (κ2) is 5.52. The van der Waals surface area contributed by atoms with Gasteiger partial charge in [0.05, 0.1) is 20.6 Å². The molecule has 0 aliphatic heterocycles. The lowest BCUT2D eigenvalue weighted by atomic mass is 10.2. The molecule has 0 saturated carbocycles. The van der Waals surface area contributed by atoms with Crippen molar-refractivity contribution in [3.8, 4) is 0 Å². The zero-order valence-corrected chi connectivity index (χ0v) is 8.04. The van der Waals surface area contributed by atoms with Crippen molar-refractivity contribution < 1.29 is 15.1 Å². The maximum absolute atomic E-state index is 9.31. The van der Waals surface area contributed by atoms with Gasteiger partial charge in [-0.1, -0.05) is 6.92 Å². The highest BCUT2D eigenvalue weighted by molar-refractivity contribution is 4.48. The predicted molar refractivity (Wildman–Crippen MR) is 45.8 cm³/mol. The molecule has 0 radical (unpaired) electrons. The van der Waals surface area contributed by atoms with Crippen LogP contribution in [-0.2, 0) is 0 Å². The fourth-order valence-corrected chi connectivity index (χ4v) is 0.829. The van der Waals surface area contributed by atoms with E-state index >= 15 is 0 Å². The first-order valence-corrected chi connectivity index (χ1v) is 4.02. The van der Waals surface area contributed by atoms with Crippen LogP contribution in [0.4, 0.5) is 0 Å². The normalized spacial score (nSPS) is 13.9. The number of likely N-dealkylation sites (N-methyl/N-ethyl adjacent to an activating group) is 1. The Hall–Kier alpha value is -0.120. The van der Waals surface area contributed by atoms with E-state index in [0.29, 0.717) is 0 Å². The predicted octanol–water partition coefficient (Wildman–Crippen LogP) is 0.677. The summed E-state index contributed by atoms with van der Waals surface area (Å²) in [5.41, 5.74) is 0. The van der Waals surface area contributed by atoms with Gasteiger partial charge in [-0.25, -0.2) is 0 Å².